The lowest BCUT2D eigenvalue weighted by Crippen LogP contribution is -2.12. The van der Waals surface area contributed by atoms with Gasteiger partial charge in [0.15, 0.2) is 0 Å². The summed E-state index contributed by atoms with van der Waals surface area (Å²) in [5.41, 5.74) is 3.33. The third-order valence-corrected chi connectivity index (χ3v) is 3.46. The molecule has 21 heavy (non-hydrogen) atoms. The fraction of sp³-hybridized carbons (Fsp3) is 0.333. The molecule has 0 bridgehead atoms. The van der Waals surface area contributed by atoms with E-state index in [0.717, 1.165) is 17.0 Å². The van der Waals surface area contributed by atoms with E-state index in [9.17, 15) is 5.11 Å². The number of phenolic OH excluding ortho intramolecular Hbond substituents is 1. The lowest BCUT2D eigenvalue weighted by Gasteiger charge is -2.21. The predicted octanol–water partition coefficient (Wildman–Crippen LogP) is 4.31. The van der Waals surface area contributed by atoms with Gasteiger partial charge in [0.1, 0.15) is 11.5 Å². The first-order valence-corrected chi connectivity index (χ1v) is 7.10. The molecule has 0 radical (unpaired) electrons. The molecule has 0 saturated heterocycles. The van der Waals surface area contributed by atoms with Crippen molar-refractivity contribution in [1.29, 1.82) is 0 Å². The molecule has 0 fully saturated rings. The van der Waals surface area contributed by atoms with Crippen LogP contribution < -0.4 is 10.1 Å². The maximum atomic E-state index is 9.51. The normalized spacial score (nSPS) is 11.2. The number of methoxy groups -OCH3 is 1. The zero-order valence-electron chi connectivity index (χ0n) is 13.1. The molecule has 0 saturated carbocycles. The van der Waals surface area contributed by atoms with Gasteiger partial charge in [-0.1, -0.05) is 39.0 Å². The molecule has 2 aromatic rings. The third-order valence-electron chi connectivity index (χ3n) is 3.46. The molecule has 3 heteroatoms. The lowest BCUT2D eigenvalue weighted by atomic mass is 9.87. The van der Waals surface area contributed by atoms with Crippen LogP contribution in [0.1, 0.15) is 31.9 Å². The molecule has 112 valence electrons. The molecule has 2 N–H and O–H groups in total. The standard InChI is InChI=1S/C18H23NO2/c1-18(2,3)14-8-9-17(21-4)16(11-14)19-12-13-6-5-7-15(20)10-13/h5-11,19-20H,12H2,1-4H3. The molecule has 0 spiro atoms. The fourth-order valence-electron chi connectivity index (χ4n) is 2.18. The van der Waals surface area contributed by atoms with E-state index in [4.69, 9.17) is 4.74 Å². The van der Waals surface area contributed by atoms with Gasteiger partial charge in [0, 0.05) is 6.54 Å². The van der Waals surface area contributed by atoms with Crippen LogP contribution in [-0.4, -0.2) is 12.2 Å². The highest BCUT2D eigenvalue weighted by Gasteiger charge is 2.15. The van der Waals surface area contributed by atoms with Crippen LogP contribution in [0.4, 0.5) is 5.69 Å². The van der Waals surface area contributed by atoms with E-state index in [1.54, 1.807) is 19.2 Å². The maximum absolute atomic E-state index is 9.51. The van der Waals surface area contributed by atoms with Gasteiger partial charge in [-0.3, -0.25) is 0 Å². The summed E-state index contributed by atoms with van der Waals surface area (Å²) in [6.07, 6.45) is 0. The largest absolute Gasteiger partial charge is 0.508 e. The summed E-state index contributed by atoms with van der Waals surface area (Å²) in [4.78, 5) is 0. The smallest absolute Gasteiger partial charge is 0.141 e. The van der Waals surface area contributed by atoms with E-state index < -0.39 is 0 Å². The number of benzene rings is 2. The molecule has 0 aromatic heterocycles. The van der Waals surface area contributed by atoms with Gasteiger partial charge in [0.25, 0.3) is 0 Å². The molecule has 2 aromatic carbocycles. The van der Waals surface area contributed by atoms with Gasteiger partial charge in [0.05, 0.1) is 12.8 Å². The highest BCUT2D eigenvalue weighted by Crippen LogP contribution is 2.31. The fourth-order valence-corrected chi connectivity index (χ4v) is 2.18. The van der Waals surface area contributed by atoms with Crippen molar-refractivity contribution in [2.24, 2.45) is 0 Å². The monoisotopic (exact) mass is 285 g/mol. The quantitative estimate of drug-likeness (QED) is 0.879. The molecule has 3 nitrogen and oxygen atoms in total. The number of phenols is 1. The predicted molar refractivity (Wildman–Crippen MR) is 87.1 cm³/mol. The third kappa shape index (κ3) is 3.91. The van der Waals surface area contributed by atoms with Crippen molar-refractivity contribution in [1.82, 2.24) is 0 Å². The van der Waals surface area contributed by atoms with E-state index in [0.29, 0.717) is 6.54 Å². The Bertz CT molecular complexity index is 615. The van der Waals surface area contributed by atoms with Gasteiger partial charge < -0.3 is 15.2 Å². The van der Waals surface area contributed by atoms with Crippen molar-refractivity contribution in [3.05, 3.63) is 53.6 Å². The molecule has 0 atom stereocenters. The van der Waals surface area contributed by atoms with Gasteiger partial charge >= 0.3 is 0 Å². The molecular weight excluding hydrogens is 262 g/mol. The van der Waals surface area contributed by atoms with E-state index >= 15 is 0 Å². The summed E-state index contributed by atoms with van der Waals surface area (Å²) in [6, 6.07) is 13.5. The van der Waals surface area contributed by atoms with Gasteiger partial charge in [0.2, 0.25) is 0 Å². The van der Waals surface area contributed by atoms with Crippen LogP contribution in [0, 0.1) is 0 Å². The van der Waals surface area contributed by atoms with Crippen LogP contribution in [0.3, 0.4) is 0 Å². The molecule has 0 aliphatic carbocycles. The van der Waals surface area contributed by atoms with Crippen LogP contribution in [0.15, 0.2) is 42.5 Å². The number of hydrogen-bond acceptors (Lipinski definition) is 3. The summed E-state index contributed by atoms with van der Waals surface area (Å²) in [7, 11) is 1.67. The van der Waals surface area contributed by atoms with Crippen LogP contribution in [0.5, 0.6) is 11.5 Å². The van der Waals surface area contributed by atoms with Crippen molar-refractivity contribution >= 4 is 5.69 Å². The zero-order chi connectivity index (χ0) is 15.5. The molecule has 0 amide bonds. The Morgan fingerprint density at radius 2 is 1.86 bits per heavy atom. The number of aromatic hydroxyl groups is 1. The van der Waals surface area contributed by atoms with Gasteiger partial charge in [-0.25, -0.2) is 0 Å². The van der Waals surface area contributed by atoms with Gasteiger partial charge in [-0.15, -0.1) is 0 Å². The number of anilines is 1. The molecule has 0 unspecified atom stereocenters. The van der Waals surface area contributed by atoms with Crippen molar-refractivity contribution in [3.63, 3.8) is 0 Å². The van der Waals surface area contributed by atoms with Gasteiger partial charge in [-0.2, -0.15) is 0 Å². The van der Waals surface area contributed by atoms with Gasteiger partial charge in [-0.05, 0) is 40.8 Å². The molecule has 0 aliphatic heterocycles. The highest BCUT2D eigenvalue weighted by atomic mass is 16.5. The molecular formula is C18H23NO2. The summed E-state index contributed by atoms with van der Waals surface area (Å²) >= 11 is 0. The Kier molecular flexibility index (Phi) is 4.41. The SMILES string of the molecule is COc1ccc(C(C)(C)C)cc1NCc1cccc(O)c1. The van der Waals surface area contributed by atoms with Crippen LogP contribution >= 0.6 is 0 Å². The van der Waals surface area contributed by atoms with E-state index in [-0.39, 0.29) is 11.2 Å². The molecule has 0 heterocycles. The summed E-state index contributed by atoms with van der Waals surface area (Å²) in [5.74, 6) is 1.10. The molecule has 0 aliphatic rings. The number of ether oxygens (including phenoxy) is 1. The first-order chi connectivity index (χ1) is 9.90. The minimum atomic E-state index is 0.0910. The minimum Gasteiger partial charge on any atom is -0.508 e. The topological polar surface area (TPSA) is 41.5 Å². The Balaban J connectivity index is 2.21. The lowest BCUT2D eigenvalue weighted by molar-refractivity contribution is 0.416. The second-order valence-corrected chi connectivity index (χ2v) is 6.19. The zero-order valence-corrected chi connectivity index (χ0v) is 13.1. The summed E-state index contributed by atoms with van der Waals surface area (Å²) < 4.78 is 5.41. The number of nitrogens with one attached hydrogen (secondary N) is 1. The van der Waals surface area contributed by atoms with Crippen molar-refractivity contribution < 1.29 is 9.84 Å². The van der Waals surface area contributed by atoms with Crippen molar-refractivity contribution in [2.75, 3.05) is 12.4 Å². The first-order valence-electron chi connectivity index (χ1n) is 7.10. The highest BCUT2D eigenvalue weighted by molar-refractivity contribution is 5.59. The summed E-state index contributed by atoms with van der Waals surface area (Å²) in [6.45, 7) is 7.20. The average Bonchev–Trinajstić information content (AvgIpc) is 2.44. The van der Waals surface area contributed by atoms with E-state index in [2.05, 4.69) is 38.2 Å². The number of hydrogen-bond donors (Lipinski definition) is 2. The Morgan fingerprint density at radius 3 is 2.48 bits per heavy atom. The first kappa shape index (κ1) is 15.2. The molecule has 2 rings (SSSR count). The van der Waals surface area contributed by atoms with E-state index in [1.807, 2.05) is 18.2 Å². The van der Waals surface area contributed by atoms with Crippen molar-refractivity contribution in [3.8, 4) is 11.5 Å². The minimum absolute atomic E-state index is 0.0910. The second-order valence-electron chi connectivity index (χ2n) is 6.19. The summed E-state index contributed by atoms with van der Waals surface area (Å²) in [5, 5.41) is 12.9. The van der Waals surface area contributed by atoms with Crippen molar-refractivity contribution in [2.45, 2.75) is 32.7 Å². The average molecular weight is 285 g/mol. The maximum Gasteiger partial charge on any atom is 0.141 e. The van der Waals surface area contributed by atoms with Crippen LogP contribution in [0.2, 0.25) is 0 Å². The van der Waals surface area contributed by atoms with Crippen LogP contribution in [0.25, 0.3) is 0 Å². The Morgan fingerprint density at radius 1 is 1.10 bits per heavy atom. The van der Waals surface area contributed by atoms with E-state index in [1.165, 1.54) is 5.56 Å². The number of rotatable bonds is 4. The Labute approximate surface area is 126 Å². The second kappa shape index (κ2) is 6.08. The Hall–Kier alpha value is -2.16. The van der Waals surface area contributed by atoms with Crippen LogP contribution in [-0.2, 0) is 12.0 Å².